The molecule has 1 saturated heterocycles. The lowest BCUT2D eigenvalue weighted by molar-refractivity contribution is 0.494. The van der Waals surface area contributed by atoms with Crippen LogP contribution in [-0.4, -0.2) is 37.7 Å². The van der Waals surface area contributed by atoms with E-state index in [-0.39, 0.29) is 11.5 Å². The summed E-state index contributed by atoms with van der Waals surface area (Å²) in [5.74, 6) is 1.23. The van der Waals surface area contributed by atoms with Crippen molar-refractivity contribution in [2.45, 2.75) is 18.8 Å². The summed E-state index contributed by atoms with van der Waals surface area (Å²) >= 11 is 0. The number of H-pyrrole nitrogens is 1. The Balaban J connectivity index is 1.54. The minimum Gasteiger partial charge on any atom is -0.356 e. The minimum absolute atomic E-state index is 0.105. The van der Waals surface area contributed by atoms with Crippen LogP contribution in [0.2, 0.25) is 0 Å². The van der Waals surface area contributed by atoms with Gasteiger partial charge in [0.2, 0.25) is 0 Å². The molecule has 1 N–H and O–H groups in total. The predicted octanol–water partition coefficient (Wildman–Crippen LogP) is 2.86. The molecule has 0 aliphatic carbocycles. The maximum Gasteiger partial charge on any atom is 0.250 e. The molecule has 4 heterocycles. The number of hydrogen-bond acceptors (Lipinski definition) is 5. The van der Waals surface area contributed by atoms with Crippen LogP contribution < -0.4 is 10.5 Å². The second kappa shape index (κ2) is 6.92. The topological polar surface area (TPSA) is 79.2 Å². The zero-order valence-corrected chi connectivity index (χ0v) is 15.3. The van der Waals surface area contributed by atoms with E-state index in [0.29, 0.717) is 0 Å². The van der Waals surface area contributed by atoms with Gasteiger partial charge in [0.05, 0.1) is 23.9 Å². The molecule has 1 fully saturated rings. The van der Waals surface area contributed by atoms with E-state index in [0.717, 1.165) is 54.3 Å². The number of nitrogens with zero attached hydrogens (tertiary/aromatic N) is 5. The van der Waals surface area contributed by atoms with Gasteiger partial charge in [-0.15, -0.1) is 0 Å². The van der Waals surface area contributed by atoms with Crippen molar-refractivity contribution in [3.05, 3.63) is 77.1 Å². The molecule has 7 heteroatoms. The zero-order chi connectivity index (χ0) is 18.9. The predicted molar refractivity (Wildman–Crippen MR) is 107 cm³/mol. The highest BCUT2D eigenvalue weighted by atomic mass is 16.1. The number of aromatic amines is 1. The summed E-state index contributed by atoms with van der Waals surface area (Å²) in [5, 5.41) is 4.48. The lowest BCUT2D eigenvalue weighted by Gasteiger charge is -2.34. The molecule has 0 amide bonds. The molecular weight excluding hydrogens is 352 g/mol. The summed E-state index contributed by atoms with van der Waals surface area (Å²) in [6.07, 6.45) is 5.32. The average Bonchev–Trinajstić information content (AvgIpc) is 3.22. The summed E-state index contributed by atoms with van der Waals surface area (Å²) in [4.78, 5) is 25.8. The number of aromatic nitrogens is 5. The molecule has 5 rings (SSSR count). The molecule has 0 bridgehead atoms. The molecule has 4 aromatic rings. The first kappa shape index (κ1) is 16.7. The number of hydrogen-bond donors (Lipinski definition) is 1. The summed E-state index contributed by atoms with van der Waals surface area (Å²) in [6, 6.07) is 15.8. The SMILES string of the molecule is O=c1cc([C@H]2CCCN(c3cc(-c4ccccc4)nc4ccnn34)C2)nc[nH]1. The largest absolute Gasteiger partial charge is 0.356 e. The van der Waals surface area contributed by atoms with Gasteiger partial charge < -0.3 is 9.88 Å². The van der Waals surface area contributed by atoms with Crippen molar-refractivity contribution in [1.82, 2.24) is 24.6 Å². The Morgan fingerprint density at radius 1 is 1.11 bits per heavy atom. The van der Waals surface area contributed by atoms with Gasteiger partial charge in [0.25, 0.3) is 5.56 Å². The molecule has 1 atom stereocenters. The molecule has 7 nitrogen and oxygen atoms in total. The van der Waals surface area contributed by atoms with Crippen LogP contribution in [0.5, 0.6) is 0 Å². The Morgan fingerprint density at radius 3 is 2.86 bits per heavy atom. The van der Waals surface area contributed by atoms with Crippen molar-refractivity contribution in [3.63, 3.8) is 0 Å². The smallest absolute Gasteiger partial charge is 0.250 e. The van der Waals surface area contributed by atoms with Crippen LogP contribution in [0.4, 0.5) is 5.82 Å². The molecule has 140 valence electrons. The number of piperidine rings is 1. The molecule has 3 aromatic heterocycles. The van der Waals surface area contributed by atoms with Crippen LogP contribution in [0.15, 0.2) is 65.8 Å². The van der Waals surface area contributed by atoms with E-state index in [1.54, 1.807) is 12.3 Å². The van der Waals surface area contributed by atoms with Crippen molar-refractivity contribution in [2.24, 2.45) is 0 Å². The van der Waals surface area contributed by atoms with Gasteiger partial charge in [0, 0.05) is 42.8 Å². The number of rotatable bonds is 3. The van der Waals surface area contributed by atoms with Crippen molar-refractivity contribution in [1.29, 1.82) is 0 Å². The van der Waals surface area contributed by atoms with Gasteiger partial charge in [-0.3, -0.25) is 4.79 Å². The fourth-order valence-corrected chi connectivity index (χ4v) is 3.91. The third kappa shape index (κ3) is 3.05. The number of nitrogens with one attached hydrogen (secondary N) is 1. The monoisotopic (exact) mass is 372 g/mol. The van der Waals surface area contributed by atoms with Crippen LogP contribution in [0.1, 0.15) is 24.5 Å². The standard InChI is InChI=1S/C21H20N6O/c28-20-11-17(22-14-23-20)16-7-4-10-26(13-16)21-12-18(15-5-2-1-3-6-15)25-19-8-9-24-27(19)21/h1-3,5-6,8-9,11-12,14,16H,4,7,10,13H2,(H,22,23,28)/t16-/m0/s1. The van der Waals surface area contributed by atoms with E-state index in [4.69, 9.17) is 4.98 Å². The van der Waals surface area contributed by atoms with Crippen LogP contribution in [-0.2, 0) is 0 Å². The molecule has 1 aliphatic rings. The van der Waals surface area contributed by atoms with Gasteiger partial charge in [0.15, 0.2) is 5.65 Å². The average molecular weight is 372 g/mol. The van der Waals surface area contributed by atoms with Crippen LogP contribution in [0, 0.1) is 0 Å². The normalized spacial score (nSPS) is 17.1. The molecule has 1 aliphatic heterocycles. The fourth-order valence-electron chi connectivity index (χ4n) is 3.91. The molecular formula is C21H20N6O. The lowest BCUT2D eigenvalue weighted by atomic mass is 9.94. The number of fused-ring (bicyclic) bond motifs is 1. The molecule has 1 aromatic carbocycles. The zero-order valence-electron chi connectivity index (χ0n) is 15.3. The van der Waals surface area contributed by atoms with Crippen molar-refractivity contribution in [3.8, 4) is 11.3 Å². The summed E-state index contributed by atoms with van der Waals surface area (Å²) in [7, 11) is 0. The first-order valence-corrected chi connectivity index (χ1v) is 9.48. The third-order valence-electron chi connectivity index (χ3n) is 5.27. The molecule has 0 spiro atoms. The maximum atomic E-state index is 11.7. The Kier molecular flexibility index (Phi) is 4.12. The summed E-state index contributed by atoms with van der Waals surface area (Å²) < 4.78 is 1.89. The highest BCUT2D eigenvalue weighted by Crippen LogP contribution is 2.30. The van der Waals surface area contributed by atoms with Gasteiger partial charge >= 0.3 is 0 Å². The van der Waals surface area contributed by atoms with Gasteiger partial charge in [-0.1, -0.05) is 30.3 Å². The van der Waals surface area contributed by atoms with Gasteiger partial charge in [-0.2, -0.15) is 9.61 Å². The second-order valence-electron chi connectivity index (χ2n) is 7.09. The van der Waals surface area contributed by atoms with Gasteiger partial charge in [-0.05, 0) is 12.8 Å². The Labute approximate surface area is 161 Å². The Morgan fingerprint density at radius 2 is 2.00 bits per heavy atom. The Hall–Kier alpha value is -3.48. The highest BCUT2D eigenvalue weighted by molar-refractivity contribution is 5.67. The van der Waals surface area contributed by atoms with Crippen LogP contribution in [0.25, 0.3) is 16.9 Å². The number of benzene rings is 1. The maximum absolute atomic E-state index is 11.7. The molecule has 0 radical (unpaired) electrons. The van der Waals surface area contributed by atoms with E-state index < -0.39 is 0 Å². The van der Waals surface area contributed by atoms with E-state index >= 15 is 0 Å². The van der Waals surface area contributed by atoms with E-state index in [1.807, 2.05) is 28.8 Å². The quantitative estimate of drug-likeness (QED) is 0.598. The Bertz CT molecular complexity index is 1170. The first-order chi connectivity index (χ1) is 13.8. The first-order valence-electron chi connectivity index (χ1n) is 9.48. The van der Waals surface area contributed by atoms with Crippen molar-refractivity contribution < 1.29 is 0 Å². The lowest BCUT2D eigenvalue weighted by Crippen LogP contribution is -2.36. The molecule has 0 saturated carbocycles. The van der Waals surface area contributed by atoms with Crippen molar-refractivity contribution >= 4 is 11.5 Å². The van der Waals surface area contributed by atoms with Crippen LogP contribution in [0.3, 0.4) is 0 Å². The van der Waals surface area contributed by atoms with Gasteiger partial charge in [-0.25, -0.2) is 9.97 Å². The van der Waals surface area contributed by atoms with E-state index in [2.05, 4.69) is 38.2 Å². The number of anilines is 1. The molecule has 28 heavy (non-hydrogen) atoms. The van der Waals surface area contributed by atoms with E-state index in [9.17, 15) is 4.79 Å². The summed E-state index contributed by atoms with van der Waals surface area (Å²) in [6.45, 7) is 1.73. The fraction of sp³-hybridized carbons (Fsp3) is 0.238. The summed E-state index contributed by atoms with van der Waals surface area (Å²) in [5.41, 5.74) is 3.58. The van der Waals surface area contributed by atoms with Gasteiger partial charge in [0.1, 0.15) is 5.82 Å². The third-order valence-corrected chi connectivity index (χ3v) is 5.27. The second-order valence-corrected chi connectivity index (χ2v) is 7.09. The van der Waals surface area contributed by atoms with Crippen LogP contribution >= 0.6 is 0 Å². The van der Waals surface area contributed by atoms with Crippen molar-refractivity contribution in [2.75, 3.05) is 18.0 Å². The minimum atomic E-state index is -0.105. The van der Waals surface area contributed by atoms with E-state index in [1.165, 1.54) is 6.33 Å². The highest BCUT2D eigenvalue weighted by Gasteiger charge is 2.25. The molecule has 0 unspecified atom stereocenters.